The van der Waals surface area contributed by atoms with Gasteiger partial charge in [-0.25, -0.2) is 14.0 Å². The molecule has 1 fully saturated rings. The van der Waals surface area contributed by atoms with Crippen molar-refractivity contribution in [1.82, 2.24) is 0 Å². The van der Waals surface area contributed by atoms with Crippen molar-refractivity contribution in [3.63, 3.8) is 0 Å². The summed E-state index contributed by atoms with van der Waals surface area (Å²) >= 11 is 0. The Hall–Kier alpha value is -4.27. The van der Waals surface area contributed by atoms with Crippen molar-refractivity contribution in [2.45, 2.75) is 104 Å². The minimum absolute atomic E-state index is 0.125. The molecule has 4 rings (SSSR count). The van der Waals surface area contributed by atoms with Gasteiger partial charge in [0.25, 0.3) is 0 Å². The van der Waals surface area contributed by atoms with Gasteiger partial charge in [-0.3, -0.25) is 0 Å². The Morgan fingerprint density at radius 3 is 2.04 bits per heavy atom. The summed E-state index contributed by atoms with van der Waals surface area (Å²) < 4.78 is 32.7. The summed E-state index contributed by atoms with van der Waals surface area (Å²) in [5, 5.41) is 20.4. The minimum atomic E-state index is -1.25. The summed E-state index contributed by atoms with van der Waals surface area (Å²) in [5.41, 5.74) is 5.63. The smallest absolute Gasteiger partial charge is 0.333 e. The van der Waals surface area contributed by atoms with Gasteiger partial charge in [0.05, 0.1) is 25.2 Å². The SMILES string of the molecule is C=C(C)C(=O)OCCCc1cc(-c2ccc(-c3ccc(C4CCC(CCCCC)CC4)cc3F)c(CC)c2)ccc1OCC(CO)(CO)COC(=O)C(=C)C. The van der Waals surface area contributed by atoms with Crippen molar-refractivity contribution in [2.24, 2.45) is 11.3 Å². The fourth-order valence-electron chi connectivity index (χ4n) is 7.29. The van der Waals surface area contributed by atoms with Gasteiger partial charge in [-0.15, -0.1) is 0 Å². The molecule has 2 N–H and O–H groups in total. The molecule has 1 aliphatic carbocycles. The maximum Gasteiger partial charge on any atom is 0.333 e. The van der Waals surface area contributed by atoms with Crippen LogP contribution in [-0.2, 0) is 31.9 Å². The summed E-state index contributed by atoms with van der Waals surface area (Å²) in [7, 11) is 0. The summed E-state index contributed by atoms with van der Waals surface area (Å²) in [6.45, 7) is 13.5. The van der Waals surface area contributed by atoms with Crippen molar-refractivity contribution in [1.29, 1.82) is 0 Å². The monoisotopic (exact) mass is 756 g/mol. The topological polar surface area (TPSA) is 102 Å². The lowest BCUT2D eigenvalue weighted by atomic mass is 9.77. The van der Waals surface area contributed by atoms with Gasteiger partial charge in [-0.1, -0.05) is 89.1 Å². The normalized spacial score (nSPS) is 15.7. The number of aliphatic hydroxyl groups is 2. The third-order valence-corrected chi connectivity index (χ3v) is 10.9. The van der Waals surface area contributed by atoms with Gasteiger partial charge in [0.1, 0.15) is 24.8 Å². The molecule has 0 unspecified atom stereocenters. The number of carbonyl (C=O) groups is 2. The highest BCUT2D eigenvalue weighted by molar-refractivity contribution is 5.87. The molecule has 7 nitrogen and oxygen atoms in total. The van der Waals surface area contributed by atoms with Gasteiger partial charge in [-0.2, -0.15) is 0 Å². The first-order chi connectivity index (χ1) is 26.4. The van der Waals surface area contributed by atoms with Crippen LogP contribution in [0.4, 0.5) is 4.39 Å². The molecule has 0 aliphatic heterocycles. The molecule has 0 amide bonds. The fourth-order valence-corrected chi connectivity index (χ4v) is 7.29. The van der Waals surface area contributed by atoms with Gasteiger partial charge < -0.3 is 24.4 Å². The number of benzene rings is 3. The molecule has 3 aromatic carbocycles. The lowest BCUT2D eigenvalue weighted by molar-refractivity contribution is -0.146. The number of unbranched alkanes of at least 4 members (excludes halogenated alkanes) is 2. The van der Waals surface area contributed by atoms with Crippen LogP contribution in [0.3, 0.4) is 0 Å². The Kier molecular flexibility index (Phi) is 16.7. The van der Waals surface area contributed by atoms with Crippen LogP contribution >= 0.6 is 0 Å². The average Bonchev–Trinajstić information content (AvgIpc) is 3.20. The molecule has 0 spiro atoms. The van der Waals surface area contributed by atoms with E-state index in [1.807, 2.05) is 36.4 Å². The molecule has 0 atom stereocenters. The molecule has 0 heterocycles. The Morgan fingerprint density at radius 1 is 0.782 bits per heavy atom. The summed E-state index contributed by atoms with van der Waals surface area (Å²) in [5.74, 6) is 0.489. The maximum absolute atomic E-state index is 15.9. The molecular formula is C47H61FO7. The van der Waals surface area contributed by atoms with Crippen LogP contribution < -0.4 is 4.74 Å². The summed E-state index contributed by atoms with van der Waals surface area (Å²) in [6.07, 6.45) is 11.7. The molecule has 298 valence electrons. The number of aryl methyl sites for hydroxylation is 2. The zero-order chi connectivity index (χ0) is 40.0. The molecule has 3 aromatic rings. The van der Waals surface area contributed by atoms with Crippen molar-refractivity contribution in [2.75, 3.05) is 33.0 Å². The summed E-state index contributed by atoms with van der Waals surface area (Å²) in [6, 6.07) is 17.7. The number of hydrogen-bond acceptors (Lipinski definition) is 7. The van der Waals surface area contributed by atoms with E-state index in [1.54, 1.807) is 13.0 Å². The summed E-state index contributed by atoms with van der Waals surface area (Å²) in [4.78, 5) is 24.0. The van der Waals surface area contributed by atoms with Gasteiger partial charge in [0.2, 0.25) is 0 Å². The fraction of sp³-hybridized carbons (Fsp3) is 0.489. The lowest BCUT2D eigenvalue weighted by Gasteiger charge is -2.29. The number of aliphatic hydroxyl groups excluding tert-OH is 2. The first-order valence-corrected chi connectivity index (χ1v) is 20.0. The van der Waals surface area contributed by atoms with Gasteiger partial charge in [-0.05, 0) is 122 Å². The Labute approximate surface area is 327 Å². The lowest BCUT2D eigenvalue weighted by Crippen LogP contribution is -2.41. The van der Waals surface area contributed by atoms with E-state index in [9.17, 15) is 19.8 Å². The standard InChI is InChI=1S/C47H61FO7/c1-7-9-10-12-34-14-16-36(17-15-34)39-19-22-42(43(48)27-39)41-21-18-37(25-35(41)8-2)38-20-23-44(40(26-38)13-11-24-53-45(51)32(3)4)54-30-47(28-49,29-50)31-55-46(52)33(5)6/h18-23,25-27,34,36,49-50H,3,5,7-17,24,28-31H2,1-2,4,6H3. The Balaban J connectivity index is 1.55. The van der Waals surface area contributed by atoms with Crippen molar-refractivity contribution >= 4 is 11.9 Å². The molecule has 0 saturated heterocycles. The van der Waals surface area contributed by atoms with Crippen LogP contribution in [0.2, 0.25) is 0 Å². The van der Waals surface area contributed by atoms with E-state index in [1.165, 1.54) is 45.4 Å². The van der Waals surface area contributed by atoms with E-state index in [0.717, 1.165) is 58.6 Å². The van der Waals surface area contributed by atoms with E-state index in [4.69, 9.17) is 14.2 Å². The van der Waals surface area contributed by atoms with Crippen LogP contribution in [0.5, 0.6) is 5.75 Å². The molecular weight excluding hydrogens is 696 g/mol. The molecule has 8 heteroatoms. The molecule has 1 aliphatic rings. The average molecular weight is 757 g/mol. The van der Waals surface area contributed by atoms with Crippen molar-refractivity contribution < 1.29 is 38.4 Å². The van der Waals surface area contributed by atoms with E-state index < -0.39 is 30.6 Å². The van der Waals surface area contributed by atoms with Crippen molar-refractivity contribution in [3.05, 3.63) is 101 Å². The molecule has 0 radical (unpaired) electrons. The van der Waals surface area contributed by atoms with E-state index >= 15 is 4.39 Å². The molecule has 0 bridgehead atoms. The van der Waals surface area contributed by atoms with Crippen LogP contribution in [0.15, 0.2) is 78.9 Å². The first-order valence-electron chi connectivity index (χ1n) is 20.0. The largest absolute Gasteiger partial charge is 0.492 e. The van der Waals surface area contributed by atoms with E-state index in [-0.39, 0.29) is 31.2 Å². The third-order valence-electron chi connectivity index (χ3n) is 10.9. The second kappa shape index (κ2) is 21.1. The number of hydrogen-bond donors (Lipinski definition) is 2. The number of halogens is 1. The number of carbonyl (C=O) groups excluding carboxylic acids is 2. The molecule has 55 heavy (non-hydrogen) atoms. The molecule has 1 saturated carbocycles. The highest BCUT2D eigenvalue weighted by Gasteiger charge is 2.33. The second-order valence-electron chi connectivity index (χ2n) is 15.5. The highest BCUT2D eigenvalue weighted by Crippen LogP contribution is 2.40. The number of esters is 2. The Bertz CT molecular complexity index is 1770. The predicted molar refractivity (Wildman–Crippen MR) is 217 cm³/mol. The zero-order valence-corrected chi connectivity index (χ0v) is 33.4. The predicted octanol–water partition coefficient (Wildman–Crippen LogP) is 10.1. The highest BCUT2D eigenvalue weighted by atomic mass is 19.1. The van der Waals surface area contributed by atoms with E-state index in [0.29, 0.717) is 35.6 Å². The zero-order valence-electron chi connectivity index (χ0n) is 33.4. The van der Waals surface area contributed by atoms with Gasteiger partial charge in [0.15, 0.2) is 0 Å². The van der Waals surface area contributed by atoms with Gasteiger partial charge >= 0.3 is 11.9 Å². The number of rotatable bonds is 21. The van der Waals surface area contributed by atoms with Crippen LogP contribution in [0, 0.1) is 17.2 Å². The Morgan fingerprint density at radius 2 is 1.42 bits per heavy atom. The second-order valence-corrected chi connectivity index (χ2v) is 15.5. The van der Waals surface area contributed by atoms with Crippen molar-refractivity contribution in [3.8, 4) is 28.0 Å². The van der Waals surface area contributed by atoms with Crippen LogP contribution in [0.25, 0.3) is 22.3 Å². The maximum atomic E-state index is 15.9. The molecule has 0 aromatic heterocycles. The minimum Gasteiger partial charge on any atom is -0.492 e. The van der Waals surface area contributed by atoms with E-state index in [2.05, 4.69) is 39.1 Å². The van der Waals surface area contributed by atoms with Crippen LogP contribution in [0.1, 0.15) is 108 Å². The first kappa shape index (κ1) is 43.5. The third kappa shape index (κ3) is 12.1. The quantitative estimate of drug-likeness (QED) is 0.0634. The van der Waals surface area contributed by atoms with Gasteiger partial charge in [0, 0.05) is 16.7 Å². The van der Waals surface area contributed by atoms with Crippen LogP contribution in [-0.4, -0.2) is 55.2 Å². The number of ether oxygens (including phenoxy) is 3.